The van der Waals surface area contributed by atoms with Crippen molar-refractivity contribution in [2.45, 2.75) is 6.92 Å². The van der Waals surface area contributed by atoms with E-state index in [-0.39, 0.29) is 5.69 Å². The Labute approximate surface area is 106 Å². The molecule has 0 bridgehead atoms. The van der Waals surface area contributed by atoms with Crippen LogP contribution in [0, 0.1) is 16.0 Å². The number of non-ortho nitro benzene ring substituents is 1. The van der Waals surface area contributed by atoms with Crippen molar-refractivity contribution in [3.8, 4) is 5.75 Å². The zero-order valence-corrected chi connectivity index (χ0v) is 10.8. The predicted molar refractivity (Wildman–Crippen MR) is 69.2 cm³/mol. The highest BCUT2D eigenvalue weighted by Gasteiger charge is 2.11. The molecule has 1 aromatic rings. The highest BCUT2D eigenvalue weighted by atomic mass is 16.6. The van der Waals surface area contributed by atoms with E-state index in [0.717, 1.165) is 0 Å². The number of methoxy groups -OCH3 is 2. The third-order valence-electron chi connectivity index (χ3n) is 2.49. The van der Waals surface area contributed by atoms with Gasteiger partial charge in [-0.25, -0.2) is 0 Å². The maximum absolute atomic E-state index is 10.7. The largest absolute Gasteiger partial charge is 0.495 e. The molecule has 0 saturated carbocycles. The van der Waals surface area contributed by atoms with E-state index in [9.17, 15) is 10.1 Å². The van der Waals surface area contributed by atoms with Crippen LogP contribution >= 0.6 is 0 Å². The first-order valence-electron chi connectivity index (χ1n) is 5.63. The third-order valence-corrected chi connectivity index (χ3v) is 2.49. The number of rotatable bonds is 7. The summed E-state index contributed by atoms with van der Waals surface area (Å²) in [6.07, 6.45) is 0. The minimum absolute atomic E-state index is 0.0395. The molecule has 18 heavy (non-hydrogen) atoms. The predicted octanol–water partition coefficient (Wildman–Crippen LogP) is 2.30. The van der Waals surface area contributed by atoms with Crippen molar-refractivity contribution in [2.75, 3.05) is 32.7 Å². The van der Waals surface area contributed by atoms with Crippen LogP contribution in [-0.4, -0.2) is 32.3 Å². The molecule has 0 spiro atoms. The normalized spacial score (nSPS) is 11.9. The van der Waals surface area contributed by atoms with Gasteiger partial charge < -0.3 is 14.8 Å². The number of benzene rings is 1. The molecule has 0 aromatic heterocycles. The average Bonchev–Trinajstić information content (AvgIpc) is 2.36. The SMILES string of the molecule is COCC(C)CNc1cc([N+](=O)[O-])ccc1OC. The van der Waals surface area contributed by atoms with Crippen molar-refractivity contribution in [2.24, 2.45) is 5.92 Å². The van der Waals surface area contributed by atoms with Gasteiger partial charge in [0, 0.05) is 25.8 Å². The quantitative estimate of drug-likeness (QED) is 0.597. The van der Waals surface area contributed by atoms with Crippen molar-refractivity contribution < 1.29 is 14.4 Å². The molecule has 6 heteroatoms. The summed E-state index contributed by atoms with van der Waals surface area (Å²) in [7, 11) is 3.18. The summed E-state index contributed by atoms with van der Waals surface area (Å²) in [5.74, 6) is 0.893. The zero-order valence-electron chi connectivity index (χ0n) is 10.8. The Morgan fingerprint density at radius 3 is 2.72 bits per heavy atom. The van der Waals surface area contributed by atoms with E-state index in [4.69, 9.17) is 9.47 Å². The van der Waals surface area contributed by atoms with Crippen LogP contribution in [0.25, 0.3) is 0 Å². The molecule has 0 fully saturated rings. The van der Waals surface area contributed by atoms with E-state index in [2.05, 4.69) is 5.32 Å². The Morgan fingerprint density at radius 2 is 2.17 bits per heavy atom. The van der Waals surface area contributed by atoms with Gasteiger partial charge in [-0.2, -0.15) is 0 Å². The third kappa shape index (κ3) is 3.89. The molecule has 0 aliphatic heterocycles. The van der Waals surface area contributed by atoms with Crippen LogP contribution in [0.2, 0.25) is 0 Å². The molecule has 0 heterocycles. The number of nitrogens with one attached hydrogen (secondary N) is 1. The lowest BCUT2D eigenvalue weighted by Gasteiger charge is -2.14. The molecule has 0 aliphatic carbocycles. The monoisotopic (exact) mass is 254 g/mol. The van der Waals surface area contributed by atoms with Crippen LogP contribution in [0.1, 0.15) is 6.92 Å². The number of ether oxygens (including phenoxy) is 2. The van der Waals surface area contributed by atoms with Gasteiger partial charge in [0.25, 0.3) is 5.69 Å². The summed E-state index contributed by atoms with van der Waals surface area (Å²) in [6, 6.07) is 4.47. The molecule has 0 amide bonds. The highest BCUT2D eigenvalue weighted by Crippen LogP contribution is 2.28. The van der Waals surface area contributed by atoms with Crippen LogP contribution in [0.5, 0.6) is 5.75 Å². The maximum atomic E-state index is 10.7. The fourth-order valence-electron chi connectivity index (χ4n) is 1.58. The van der Waals surface area contributed by atoms with Gasteiger partial charge in [-0.1, -0.05) is 6.92 Å². The van der Waals surface area contributed by atoms with Crippen LogP contribution in [0.15, 0.2) is 18.2 Å². The van der Waals surface area contributed by atoms with Gasteiger partial charge in [0.2, 0.25) is 0 Å². The molecule has 0 aliphatic rings. The molecule has 100 valence electrons. The van der Waals surface area contributed by atoms with Gasteiger partial charge in [0.1, 0.15) is 5.75 Å². The van der Waals surface area contributed by atoms with Gasteiger partial charge in [-0.15, -0.1) is 0 Å². The summed E-state index contributed by atoms with van der Waals surface area (Å²) in [6.45, 7) is 3.32. The maximum Gasteiger partial charge on any atom is 0.271 e. The standard InChI is InChI=1S/C12H18N2O4/c1-9(8-17-2)7-13-11-6-10(14(15)16)4-5-12(11)18-3/h4-6,9,13H,7-8H2,1-3H3. The van der Waals surface area contributed by atoms with Crippen molar-refractivity contribution in [1.82, 2.24) is 0 Å². The van der Waals surface area contributed by atoms with Gasteiger partial charge >= 0.3 is 0 Å². The molecule has 0 radical (unpaired) electrons. The second-order valence-electron chi connectivity index (χ2n) is 4.08. The van der Waals surface area contributed by atoms with Gasteiger partial charge in [0.05, 0.1) is 24.3 Å². The Kier molecular flexibility index (Phi) is 5.38. The van der Waals surface area contributed by atoms with Gasteiger partial charge in [0.15, 0.2) is 0 Å². The Hall–Kier alpha value is -1.82. The Bertz CT molecular complexity index is 409. The second kappa shape index (κ2) is 6.80. The molecule has 1 aromatic carbocycles. The van der Waals surface area contributed by atoms with Crippen LogP contribution < -0.4 is 10.1 Å². The second-order valence-corrected chi connectivity index (χ2v) is 4.08. The summed E-state index contributed by atoms with van der Waals surface area (Å²) >= 11 is 0. The average molecular weight is 254 g/mol. The number of anilines is 1. The summed E-state index contributed by atoms with van der Waals surface area (Å²) in [5, 5.41) is 13.8. The van der Waals surface area contributed by atoms with Crippen molar-refractivity contribution in [3.63, 3.8) is 0 Å². The van der Waals surface area contributed by atoms with E-state index in [1.54, 1.807) is 13.2 Å². The topological polar surface area (TPSA) is 73.6 Å². The van der Waals surface area contributed by atoms with E-state index in [1.807, 2.05) is 6.92 Å². The molecular formula is C12H18N2O4. The van der Waals surface area contributed by atoms with Crippen LogP contribution in [0.4, 0.5) is 11.4 Å². The lowest BCUT2D eigenvalue weighted by molar-refractivity contribution is -0.384. The lowest BCUT2D eigenvalue weighted by atomic mass is 10.2. The fourth-order valence-corrected chi connectivity index (χ4v) is 1.58. The molecular weight excluding hydrogens is 236 g/mol. The molecule has 0 saturated heterocycles. The Balaban J connectivity index is 2.78. The molecule has 1 unspecified atom stereocenters. The van der Waals surface area contributed by atoms with E-state index in [0.29, 0.717) is 30.5 Å². The van der Waals surface area contributed by atoms with Gasteiger partial charge in [-0.3, -0.25) is 10.1 Å². The highest BCUT2D eigenvalue weighted by molar-refractivity contribution is 5.61. The first-order valence-corrected chi connectivity index (χ1v) is 5.63. The Morgan fingerprint density at radius 1 is 1.44 bits per heavy atom. The van der Waals surface area contributed by atoms with E-state index in [1.165, 1.54) is 19.2 Å². The number of nitro groups is 1. The molecule has 1 rings (SSSR count). The first kappa shape index (κ1) is 14.2. The summed E-state index contributed by atoms with van der Waals surface area (Å²) in [4.78, 5) is 10.3. The number of nitro benzene ring substituents is 1. The minimum atomic E-state index is -0.427. The molecule has 1 atom stereocenters. The lowest BCUT2D eigenvalue weighted by Crippen LogP contribution is -2.16. The number of hydrogen-bond acceptors (Lipinski definition) is 5. The van der Waals surface area contributed by atoms with Crippen molar-refractivity contribution in [1.29, 1.82) is 0 Å². The zero-order chi connectivity index (χ0) is 13.5. The van der Waals surface area contributed by atoms with Crippen molar-refractivity contribution >= 4 is 11.4 Å². The number of nitrogens with zero attached hydrogens (tertiary/aromatic N) is 1. The van der Waals surface area contributed by atoms with Crippen molar-refractivity contribution in [3.05, 3.63) is 28.3 Å². The van der Waals surface area contributed by atoms with Crippen LogP contribution in [0.3, 0.4) is 0 Å². The molecule has 1 N–H and O–H groups in total. The first-order chi connectivity index (χ1) is 8.58. The van der Waals surface area contributed by atoms with Crippen LogP contribution in [-0.2, 0) is 4.74 Å². The summed E-state index contributed by atoms with van der Waals surface area (Å²) in [5.41, 5.74) is 0.660. The van der Waals surface area contributed by atoms with Gasteiger partial charge in [-0.05, 0) is 12.0 Å². The van der Waals surface area contributed by atoms with E-state index < -0.39 is 4.92 Å². The smallest absolute Gasteiger partial charge is 0.271 e. The van der Waals surface area contributed by atoms with E-state index >= 15 is 0 Å². The summed E-state index contributed by atoms with van der Waals surface area (Å²) < 4.78 is 10.2. The molecule has 6 nitrogen and oxygen atoms in total. The fraction of sp³-hybridized carbons (Fsp3) is 0.500. The minimum Gasteiger partial charge on any atom is -0.495 e. The number of hydrogen-bond donors (Lipinski definition) is 1.